The summed E-state index contributed by atoms with van der Waals surface area (Å²) in [7, 11) is 0. The molecule has 2 rings (SSSR count). The maximum Gasteiger partial charge on any atom is 0.271 e. The van der Waals surface area contributed by atoms with Gasteiger partial charge in [0.15, 0.2) is 18.1 Å². The highest BCUT2D eigenvalue weighted by molar-refractivity contribution is 9.11. The molecule has 0 spiro atoms. The number of benzene rings is 2. The summed E-state index contributed by atoms with van der Waals surface area (Å²) in [4.78, 5) is 23.5. The zero-order valence-electron chi connectivity index (χ0n) is 16.4. The highest BCUT2D eigenvalue weighted by Gasteiger charge is 2.13. The highest BCUT2D eigenvalue weighted by Crippen LogP contribution is 2.32. The van der Waals surface area contributed by atoms with Gasteiger partial charge < -0.3 is 19.9 Å². The molecule has 10 heteroatoms. The normalized spacial score (nSPS) is 10.7. The van der Waals surface area contributed by atoms with Gasteiger partial charge in [-0.3, -0.25) is 9.59 Å². The molecule has 0 aliphatic carbocycles. The van der Waals surface area contributed by atoms with E-state index < -0.39 is 11.8 Å². The number of halogens is 2. The van der Waals surface area contributed by atoms with Gasteiger partial charge in [-0.2, -0.15) is 5.10 Å². The van der Waals surface area contributed by atoms with Crippen molar-refractivity contribution in [3.8, 4) is 17.2 Å². The highest BCUT2D eigenvalue weighted by atomic mass is 79.9. The number of amides is 2. The number of carbonyl (C=O) groups is 2. The van der Waals surface area contributed by atoms with Crippen LogP contribution < -0.4 is 25.4 Å². The summed E-state index contributed by atoms with van der Waals surface area (Å²) in [5, 5.41) is 3.99. The van der Waals surface area contributed by atoms with Crippen LogP contribution in [0, 0.1) is 0 Å². The van der Waals surface area contributed by atoms with Crippen LogP contribution in [0.1, 0.15) is 29.8 Å². The second-order valence-electron chi connectivity index (χ2n) is 5.79. The minimum atomic E-state index is -0.610. The first kappa shape index (κ1) is 23.7. The summed E-state index contributed by atoms with van der Waals surface area (Å²) in [5.74, 6) is 0.379. The summed E-state index contributed by atoms with van der Waals surface area (Å²) in [6.45, 7) is 4.35. The van der Waals surface area contributed by atoms with E-state index in [4.69, 9.17) is 19.9 Å². The Labute approximate surface area is 191 Å². The predicted molar refractivity (Wildman–Crippen MR) is 120 cm³/mol. The number of primary amides is 1. The van der Waals surface area contributed by atoms with E-state index in [1.807, 2.05) is 13.8 Å². The van der Waals surface area contributed by atoms with Gasteiger partial charge in [-0.25, -0.2) is 5.43 Å². The van der Waals surface area contributed by atoms with E-state index in [1.165, 1.54) is 6.21 Å². The number of nitrogens with two attached hydrogens (primary N) is 1. The van der Waals surface area contributed by atoms with Crippen LogP contribution >= 0.6 is 31.9 Å². The van der Waals surface area contributed by atoms with Crippen molar-refractivity contribution in [2.75, 3.05) is 19.8 Å². The van der Waals surface area contributed by atoms with Crippen molar-refractivity contribution in [2.45, 2.75) is 13.8 Å². The van der Waals surface area contributed by atoms with Crippen molar-refractivity contribution in [3.63, 3.8) is 0 Å². The Hall–Kier alpha value is -2.59. The van der Waals surface area contributed by atoms with Crippen molar-refractivity contribution < 1.29 is 23.8 Å². The summed E-state index contributed by atoms with van der Waals surface area (Å²) in [6.07, 6.45) is 1.40. The molecule has 8 nitrogen and oxygen atoms in total. The van der Waals surface area contributed by atoms with Crippen LogP contribution in [0.15, 0.2) is 44.4 Å². The number of nitrogens with one attached hydrogen (secondary N) is 1. The number of rotatable bonds is 10. The molecule has 0 radical (unpaired) electrons. The fourth-order valence-corrected chi connectivity index (χ4v) is 3.76. The number of hydrogen-bond donors (Lipinski definition) is 2. The van der Waals surface area contributed by atoms with Gasteiger partial charge in [0, 0.05) is 15.6 Å². The molecule has 0 saturated carbocycles. The molecule has 2 aromatic carbocycles. The molecule has 0 saturated heterocycles. The molecule has 0 bridgehead atoms. The van der Waals surface area contributed by atoms with E-state index in [2.05, 4.69) is 42.4 Å². The standard InChI is InChI=1S/C20H21Br2N3O5/c1-3-28-16-6-5-12(8-17(16)29-4-2)20(27)25-24-10-13-7-14(21)9-15(22)19(13)30-11-18(23)26/h5-10H,3-4,11H2,1-2H3,(H2,23,26)(H,25,27)/b24-10+. The molecule has 0 heterocycles. The second-order valence-corrected chi connectivity index (χ2v) is 7.56. The lowest BCUT2D eigenvalue weighted by Crippen LogP contribution is -2.21. The average molecular weight is 543 g/mol. The Kier molecular flexibility index (Phi) is 9.13. The quantitative estimate of drug-likeness (QED) is 0.351. The van der Waals surface area contributed by atoms with Crippen LogP contribution in [0.2, 0.25) is 0 Å². The topological polar surface area (TPSA) is 112 Å². The third kappa shape index (κ3) is 6.74. The molecule has 0 fully saturated rings. The van der Waals surface area contributed by atoms with Crippen molar-refractivity contribution >= 4 is 49.9 Å². The zero-order valence-corrected chi connectivity index (χ0v) is 19.6. The van der Waals surface area contributed by atoms with Gasteiger partial charge in [0.05, 0.1) is 23.9 Å². The number of ether oxygens (including phenoxy) is 3. The molecule has 0 atom stereocenters. The van der Waals surface area contributed by atoms with Crippen LogP contribution in [0.3, 0.4) is 0 Å². The number of hydrazone groups is 1. The zero-order chi connectivity index (χ0) is 22.1. The van der Waals surface area contributed by atoms with E-state index in [0.29, 0.717) is 46.1 Å². The molecule has 2 aromatic rings. The fraction of sp³-hybridized carbons (Fsp3) is 0.250. The summed E-state index contributed by atoms with van der Waals surface area (Å²) >= 11 is 6.74. The first-order valence-corrected chi connectivity index (χ1v) is 10.6. The molecule has 0 unspecified atom stereocenters. The molecule has 0 aliphatic rings. The van der Waals surface area contributed by atoms with Gasteiger partial charge in [0.2, 0.25) is 0 Å². The first-order chi connectivity index (χ1) is 14.3. The van der Waals surface area contributed by atoms with E-state index in [1.54, 1.807) is 30.3 Å². The van der Waals surface area contributed by atoms with Crippen LogP contribution in [-0.2, 0) is 4.79 Å². The summed E-state index contributed by atoms with van der Waals surface area (Å²) in [5.41, 5.74) is 8.48. The molecule has 3 N–H and O–H groups in total. The van der Waals surface area contributed by atoms with E-state index in [-0.39, 0.29) is 6.61 Å². The van der Waals surface area contributed by atoms with Gasteiger partial charge in [-0.05, 0) is 60.1 Å². The van der Waals surface area contributed by atoms with Crippen molar-refractivity contribution in [3.05, 3.63) is 50.4 Å². The monoisotopic (exact) mass is 541 g/mol. The minimum Gasteiger partial charge on any atom is -0.490 e. The molecule has 30 heavy (non-hydrogen) atoms. The number of carbonyl (C=O) groups excluding carboxylic acids is 2. The lowest BCUT2D eigenvalue weighted by Gasteiger charge is -2.12. The van der Waals surface area contributed by atoms with Gasteiger partial charge >= 0.3 is 0 Å². The molecule has 0 aromatic heterocycles. The second kappa shape index (κ2) is 11.6. The average Bonchev–Trinajstić information content (AvgIpc) is 2.68. The molecule has 0 aliphatic heterocycles. The largest absolute Gasteiger partial charge is 0.490 e. The maximum absolute atomic E-state index is 12.5. The minimum absolute atomic E-state index is 0.292. The van der Waals surface area contributed by atoms with Crippen molar-refractivity contribution in [2.24, 2.45) is 10.8 Å². The third-order valence-corrected chi connectivity index (χ3v) is 4.62. The lowest BCUT2D eigenvalue weighted by atomic mass is 10.2. The Morgan fingerprint density at radius 3 is 2.43 bits per heavy atom. The van der Waals surface area contributed by atoms with Crippen LogP contribution in [-0.4, -0.2) is 37.8 Å². The number of nitrogens with zero attached hydrogens (tertiary/aromatic N) is 1. The SMILES string of the molecule is CCOc1ccc(C(=O)N/N=C/c2cc(Br)cc(Br)c2OCC(N)=O)cc1OCC. The Morgan fingerprint density at radius 2 is 1.77 bits per heavy atom. The summed E-state index contributed by atoms with van der Waals surface area (Å²) in [6, 6.07) is 8.36. The van der Waals surface area contributed by atoms with E-state index in [0.717, 1.165) is 4.47 Å². The molecule has 2 amide bonds. The van der Waals surface area contributed by atoms with Crippen LogP contribution in [0.4, 0.5) is 0 Å². The van der Waals surface area contributed by atoms with Crippen molar-refractivity contribution in [1.29, 1.82) is 0 Å². The first-order valence-electron chi connectivity index (χ1n) is 8.98. The van der Waals surface area contributed by atoms with Gasteiger partial charge in [0.25, 0.3) is 11.8 Å². The summed E-state index contributed by atoms with van der Waals surface area (Å²) < 4.78 is 17.8. The van der Waals surface area contributed by atoms with Gasteiger partial charge in [-0.15, -0.1) is 0 Å². The molecular formula is C20H21Br2N3O5. The van der Waals surface area contributed by atoms with E-state index >= 15 is 0 Å². The lowest BCUT2D eigenvalue weighted by molar-refractivity contribution is -0.119. The van der Waals surface area contributed by atoms with Crippen molar-refractivity contribution in [1.82, 2.24) is 5.43 Å². The third-order valence-electron chi connectivity index (χ3n) is 3.57. The van der Waals surface area contributed by atoms with Crippen LogP contribution in [0.25, 0.3) is 0 Å². The van der Waals surface area contributed by atoms with Gasteiger partial charge in [0.1, 0.15) is 5.75 Å². The smallest absolute Gasteiger partial charge is 0.271 e. The number of hydrogen-bond acceptors (Lipinski definition) is 6. The molecular weight excluding hydrogens is 522 g/mol. The van der Waals surface area contributed by atoms with Crippen LogP contribution in [0.5, 0.6) is 17.2 Å². The predicted octanol–water partition coefficient (Wildman–Crippen LogP) is 3.64. The Balaban J connectivity index is 2.18. The Morgan fingerprint density at radius 1 is 1.07 bits per heavy atom. The van der Waals surface area contributed by atoms with Gasteiger partial charge in [-0.1, -0.05) is 15.9 Å². The fourth-order valence-electron chi connectivity index (χ4n) is 2.39. The molecule has 160 valence electrons. The Bertz CT molecular complexity index is 950. The van der Waals surface area contributed by atoms with E-state index in [9.17, 15) is 9.59 Å². The maximum atomic E-state index is 12.5.